The van der Waals surface area contributed by atoms with Gasteiger partial charge < -0.3 is 23.8 Å². The van der Waals surface area contributed by atoms with Gasteiger partial charge in [0.15, 0.2) is 5.78 Å². The molecule has 0 radical (unpaired) electrons. The summed E-state index contributed by atoms with van der Waals surface area (Å²) in [6.45, 7) is 26.1. The number of rotatable bonds is 12. The molecule has 0 amide bonds. The molecule has 0 saturated heterocycles. The summed E-state index contributed by atoms with van der Waals surface area (Å²) in [6.07, 6.45) is 0. The molecule has 0 fully saturated rings. The zero-order valence-electron chi connectivity index (χ0n) is 33.8. The van der Waals surface area contributed by atoms with Crippen molar-refractivity contribution < 1.29 is 4.79 Å². The Morgan fingerprint density at radius 1 is 0.709 bits per heavy atom. The van der Waals surface area contributed by atoms with Crippen LogP contribution in [0.15, 0.2) is 97.6 Å². The number of likely N-dealkylation sites (N-methyl/N-ethyl adjacent to an activating group) is 2. The second kappa shape index (κ2) is 16.2. The number of ketones is 1. The molecule has 284 valence electrons. The van der Waals surface area contributed by atoms with E-state index in [1.54, 1.807) is 6.92 Å². The fourth-order valence-corrected chi connectivity index (χ4v) is 8.41. The van der Waals surface area contributed by atoms with Crippen LogP contribution in [0, 0.1) is 6.92 Å². The molecule has 7 nitrogen and oxygen atoms in total. The average Bonchev–Trinajstić information content (AvgIpc) is 3.81. The number of carbonyl (C=O) groups is 1. The third-order valence-electron chi connectivity index (χ3n) is 11.7. The minimum atomic E-state index is 0.0949. The van der Waals surface area contributed by atoms with E-state index in [0.29, 0.717) is 0 Å². The van der Waals surface area contributed by atoms with Gasteiger partial charge in [-0.05, 0) is 100 Å². The molecular formula is C48H56N6O. The largest absolute Gasteiger partial charge is 0.370 e. The average molecular weight is 733 g/mol. The van der Waals surface area contributed by atoms with Gasteiger partial charge in [0.1, 0.15) is 0 Å². The molecule has 1 aliphatic rings. The number of hydrogen-bond acceptors (Lipinski definition) is 5. The number of aryl methyl sites for hydroxylation is 1. The van der Waals surface area contributed by atoms with E-state index in [-0.39, 0.29) is 5.78 Å². The second-order valence-electron chi connectivity index (χ2n) is 14.8. The number of fused-ring (bicyclic) bond motifs is 8. The number of aromatic nitrogens is 3. The standard InChI is InChI=1S/C26H29N3O.C22H27N3/c1-5-28(6-2)14-15-29-25-12-10-20(19(4)30)16-22(25)23-17-21(11-13-26(23)29)24-9-7-8-18(3)27-24;1-5-24(6-2)13-14-25-20-10-8-7-9-18(20)22-19-15-23(4)16(3)17(19)11-12-21(22)25/h7-13,16-17H,5-6,14-15H2,1-4H3;7-12H,3,5-6,13-15H2,1-2,4H3. The fraction of sp³-hybridized carbons (Fsp3) is 0.333. The molecule has 0 saturated carbocycles. The summed E-state index contributed by atoms with van der Waals surface area (Å²) in [5.74, 6) is 0.0949. The molecule has 0 atom stereocenters. The predicted octanol–water partition coefficient (Wildman–Crippen LogP) is 10.3. The van der Waals surface area contributed by atoms with Gasteiger partial charge in [0, 0.05) is 111 Å². The summed E-state index contributed by atoms with van der Waals surface area (Å²) in [4.78, 5) is 23.9. The lowest BCUT2D eigenvalue weighted by Crippen LogP contribution is -2.26. The molecule has 0 bridgehead atoms. The van der Waals surface area contributed by atoms with E-state index in [2.05, 4.69) is 132 Å². The second-order valence-corrected chi connectivity index (χ2v) is 14.8. The molecule has 0 spiro atoms. The van der Waals surface area contributed by atoms with Crippen LogP contribution in [0.1, 0.15) is 61.8 Å². The van der Waals surface area contributed by atoms with Gasteiger partial charge in [-0.1, -0.05) is 70.7 Å². The van der Waals surface area contributed by atoms with E-state index in [1.165, 1.54) is 49.4 Å². The Bertz CT molecular complexity index is 2510. The van der Waals surface area contributed by atoms with E-state index in [0.717, 1.165) is 92.5 Å². The lowest BCUT2D eigenvalue weighted by molar-refractivity contribution is 0.101. The fourth-order valence-electron chi connectivity index (χ4n) is 8.41. The normalized spacial score (nSPS) is 12.8. The van der Waals surface area contributed by atoms with Crippen molar-refractivity contribution in [1.82, 2.24) is 28.8 Å². The van der Waals surface area contributed by atoms with Gasteiger partial charge in [0.25, 0.3) is 0 Å². The third-order valence-corrected chi connectivity index (χ3v) is 11.7. The Kier molecular flexibility index (Phi) is 11.2. The van der Waals surface area contributed by atoms with Crippen molar-refractivity contribution >= 4 is 55.1 Å². The smallest absolute Gasteiger partial charge is 0.159 e. The van der Waals surface area contributed by atoms with Crippen molar-refractivity contribution in [3.05, 3.63) is 120 Å². The first-order chi connectivity index (χ1) is 26.7. The summed E-state index contributed by atoms with van der Waals surface area (Å²) in [7, 11) is 2.13. The van der Waals surface area contributed by atoms with Crippen LogP contribution in [0.5, 0.6) is 0 Å². The molecule has 1 aliphatic heterocycles. The number of pyridine rings is 1. The van der Waals surface area contributed by atoms with Crippen molar-refractivity contribution in [2.24, 2.45) is 0 Å². The maximum atomic E-state index is 12.0. The molecule has 4 heterocycles. The van der Waals surface area contributed by atoms with Crippen LogP contribution in [0.3, 0.4) is 0 Å². The quantitative estimate of drug-likeness (QED) is 0.117. The van der Waals surface area contributed by atoms with Crippen LogP contribution in [0.25, 0.3) is 60.6 Å². The SMILES string of the molecule is C=C1c2ccc3c(c2CN1C)c1ccccc1n3CCN(CC)CC.CCN(CC)CCn1c2ccc(C(C)=O)cc2c2cc(-c3cccc(C)n3)ccc21. The molecule has 7 aromatic rings. The highest BCUT2D eigenvalue weighted by Crippen LogP contribution is 2.40. The third kappa shape index (κ3) is 7.31. The van der Waals surface area contributed by atoms with Gasteiger partial charge in [-0.25, -0.2) is 0 Å². The molecule has 0 aliphatic carbocycles. The lowest BCUT2D eigenvalue weighted by Gasteiger charge is -2.19. The van der Waals surface area contributed by atoms with Crippen LogP contribution in [-0.2, 0) is 19.6 Å². The maximum Gasteiger partial charge on any atom is 0.159 e. The zero-order chi connectivity index (χ0) is 38.8. The van der Waals surface area contributed by atoms with Crippen molar-refractivity contribution in [2.45, 2.75) is 61.2 Å². The lowest BCUT2D eigenvalue weighted by atomic mass is 10.0. The van der Waals surface area contributed by atoms with E-state index >= 15 is 0 Å². The van der Waals surface area contributed by atoms with Crippen LogP contribution >= 0.6 is 0 Å². The molecule has 3 aromatic heterocycles. The summed E-state index contributed by atoms with van der Waals surface area (Å²) >= 11 is 0. The minimum Gasteiger partial charge on any atom is -0.370 e. The maximum absolute atomic E-state index is 12.0. The van der Waals surface area contributed by atoms with E-state index in [1.807, 2.05) is 31.2 Å². The number of para-hydroxylation sites is 1. The molecule has 0 N–H and O–H groups in total. The highest BCUT2D eigenvalue weighted by Gasteiger charge is 2.24. The van der Waals surface area contributed by atoms with Gasteiger partial charge >= 0.3 is 0 Å². The predicted molar refractivity (Wildman–Crippen MR) is 233 cm³/mol. The number of Topliss-reactive ketones (excluding diaryl/α,β-unsaturated/α-hetero) is 1. The first kappa shape index (κ1) is 38.1. The zero-order valence-corrected chi connectivity index (χ0v) is 33.8. The number of carbonyl (C=O) groups excluding carboxylic acids is 1. The van der Waals surface area contributed by atoms with Crippen molar-refractivity contribution in [3.63, 3.8) is 0 Å². The molecule has 0 unspecified atom stereocenters. The minimum absolute atomic E-state index is 0.0949. The van der Waals surface area contributed by atoms with Gasteiger partial charge in [0.05, 0.1) is 5.69 Å². The van der Waals surface area contributed by atoms with Gasteiger partial charge in [0.2, 0.25) is 0 Å². The van der Waals surface area contributed by atoms with Gasteiger partial charge in [-0.3, -0.25) is 9.78 Å². The van der Waals surface area contributed by atoms with Gasteiger partial charge in [-0.15, -0.1) is 0 Å². The van der Waals surface area contributed by atoms with Crippen molar-refractivity contribution in [2.75, 3.05) is 46.3 Å². The Morgan fingerprint density at radius 2 is 1.31 bits per heavy atom. The van der Waals surface area contributed by atoms with E-state index in [4.69, 9.17) is 4.98 Å². The topological polar surface area (TPSA) is 49.5 Å². The van der Waals surface area contributed by atoms with Crippen molar-refractivity contribution in [1.29, 1.82) is 0 Å². The Hall–Kier alpha value is -5.24. The first-order valence-corrected chi connectivity index (χ1v) is 20.1. The highest BCUT2D eigenvalue weighted by molar-refractivity contribution is 6.12. The molecule has 4 aromatic carbocycles. The summed E-state index contributed by atoms with van der Waals surface area (Å²) in [6, 6.07) is 32.2. The highest BCUT2D eigenvalue weighted by atomic mass is 16.1. The van der Waals surface area contributed by atoms with Crippen LogP contribution in [-0.4, -0.2) is 80.9 Å². The summed E-state index contributed by atoms with van der Waals surface area (Å²) in [5.41, 5.74) is 12.8. The number of nitrogens with zero attached hydrogens (tertiary/aromatic N) is 6. The molecular weight excluding hydrogens is 677 g/mol. The van der Waals surface area contributed by atoms with Gasteiger partial charge in [-0.2, -0.15) is 0 Å². The Labute approximate surface area is 326 Å². The number of benzene rings is 4. The van der Waals surface area contributed by atoms with Crippen molar-refractivity contribution in [3.8, 4) is 11.3 Å². The Balaban J connectivity index is 0.000000172. The summed E-state index contributed by atoms with van der Waals surface area (Å²) in [5, 5.41) is 5.09. The van der Waals surface area contributed by atoms with Crippen LogP contribution < -0.4 is 0 Å². The monoisotopic (exact) mass is 732 g/mol. The van der Waals surface area contributed by atoms with Crippen LogP contribution in [0.4, 0.5) is 0 Å². The number of hydrogen-bond donors (Lipinski definition) is 0. The molecule has 8 rings (SSSR count). The van der Waals surface area contributed by atoms with Crippen LogP contribution in [0.2, 0.25) is 0 Å². The van der Waals surface area contributed by atoms with E-state index in [9.17, 15) is 4.79 Å². The summed E-state index contributed by atoms with van der Waals surface area (Å²) < 4.78 is 4.89. The first-order valence-electron chi connectivity index (χ1n) is 20.1. The Morgan fingerprint density at radius 3 is 1.96 bits per heavy atom. The molecule has 7 heteroatoms. The van der Waals surface area contributed by atoms with E-state index < -0.39 is 0 Å². The molecule has 55 heavy (non-hydrogen) atoms.